The number of likely N-dealkylation sites (N-methyl/N-ethyl adjacent to an activating group) is 1. The maximum atomic E-state index is 14.0. The predicted molar refractivity (Wildman–Crippen MR) is 157 cm³/mol. The van der Waals surface area contributed by atoms with Gasteiger partial charge in [-0.15, -0.1) is 0 Å². The zero-order chi connectivity index (χ0) is 38.0. The van der Waals surface area contributed by atoms with Gasteiger partial charge in [0.25, 0.3) is 5.91 Å². The molecule has 0 radical (unpaired) electrons. The van der Waals surface area contributed by atoms with Gasteiger partial charge in [-0.1, -0.05) is 12.1 Å². The Labute approximate surface area is 255 Å². The molecule has 0 bridgehead atoms. The Morgan fingerprint density at radius 1 is 1.02 bits per heavy atom. The van der Waals surface area contributed by atoms with Crippen molar-refractivity contribution in [3.05, 3.63) is 99.6 Å². The highest BCUT2D eigenvalue weighted by atomic mass is 19.1. The summed E-state index contributed by atoms with van der Waals surface area (Å²) in [6, 6.07) is 12.5. The van der Waals surface area contributed by atoms with Crippen LogP contribution in [0, 0.1) is 17.6 Å². The minimum Gasteiger partial charge on any atom is -0.381 e. The summed E-state index contributed by atoms with van der Waals surface area (Å²) < 4.78 is 125. The molecule has 3 aliphatic rings. The molecule has 0 spiro atoms. The highest BCUT2D eigenvalue weighted by molar-refractivity contribution is 6.14. The Balaban J connectivity index is 1.35. The lowest BCUT2D eigenvalue weighted by Gasteiger charge is -2.34. The van der Waals surface area contributed by atoms with Crippen molar-refractivity contribution in [1.29, 1.82) is 0 Å². The van der Waals surface area contributed by atoms with E-state index in [0.717, 1.165) is 17.2 Å². The first-order valence-electron chi connectivity index (χ1n) is 18.9. The zero-order valence-electron chi connectivity index (χ0n) is 33.1. The van der Waals surface area contributed by atoms with E-state index in [1.54, 1.807) is 6.07 Å². The second-order valence-electron chi connectivity index (χ2n) is 10.3. The van der Waals surface area contributed by atoms with Crippen LogP contribution in [0.15, 0.2) is 59.6 Å². The number of hydrogen-bond donors (Lipinski definition) is 1. The number of fused-ring (bicyclic) bond motifs is 1. The number of amidine groups is 1. The van der Waals surface area contributed by atoms with E-state index in [2.05, 4.69) is 10.3 Å². The molecular formula is C33H36F2N4O2. The van der Waals surface area contributed by atoms with Crippen LogP contribution in [-0.4, -0.2) is 62.8 Å². The number of carbonyl (C=O) groups excluding carboxylic acids is 1. The smallest absolute Gasteiger partial charge is 0.257 e. The van der Waals surface area contributed by atoms with Gasteiger partial charge >= 0.3 is 0 Å². The van der Waals surface area contributed by atoms with Crippen LogP contribution in [0.4, 0.5) is 14.5 Å². The van der Waals surface area contributed by atoms with Gasteiger partial charge in [0.2, 0.25) is 0 Å². The number of aliphatic imine (C=N–C) groups is 1. The molecule has 3 heterocycles. The molecule has 1 amide bonds. The number of nitrogens with one attached hydrogen (secondary N) is 1. The Hall–Kier alpha value is -3.62. The summed E-state index contributed by atoms with van der Waals surface area (Å²) >= 11 is 0. The molecular weight excluding hydrogens is 522 g/mol. The number of nitrogens with zero attached hydrogens (tertiary/aromatic N) is 3. The van der Waals surface area contributed by atoms with Crippen molar-refractivity contribution in [1.82, 2.24) is 10.2 Å². The molecule has 0 unspecified atom stereocenters. The summed E-state index contributed by atoms with van der Waals surface area (Å²) in [7, 11) is 0. The molecule has 2 fully saturated rings. The van der Waals surface area contributed by atoms with Gasteiger partial charge < -0.3 is 19.9 Å². The molecule has 214 valence electrons. The number of carbonyl (C=O) groups is 1. The molecule has 6 nitrogen and oxygen atoms in total. The lowest BCUT2D eigenvalue weighted by molar-refractivity contribution is 0.0664. The van der Waals surface area contributed by atoms with E-state index in [-0.39, 0.29) is 52.2 Å². The molecule has 0 atom stereocenters. The van der Waals surface area contributed by atoms with Crippen LogP contribution in [0.25, 0.3) is 0 Å². The second kappa shape index (κ2) is 12.1. The van der Waals surface area contributed by atoms with Gasteiger partial charge in [-0.05, 0) is 97.2 Å². The van der Waals surface area contributed by atoms with Crippen molar-refractivity contribution in [3.8, 4) is 0 Å². The fraction of sp³-hybridized carbons (Fsp3) is 0.394. The van der Waals surface area contributed by atoms with Gasteiger partial charge in [0, 0.05) is 71.7 Å². The minimum absolute atomic E-state index is 0.00845. The van der Waals surface area contributed by atoms with Crippen LogP contribution >= 0.6 is 0 Å². The molecule has 0 saturated carbocycles. The summed E-state index contributed by atoms with van der Waals surface area (Å²) in [5, 5.41) is 2.83. The van der Waals surface area contributed by atoms with Gasteiger partial charge in [-0.25, -0.2) is 8.78 Å². The quantitative estimate of drug-likeness (QED) is 0.456. The first kappa shape index (κ1) is 17.4. The zero-order valence-corrected chi connectivity index (χ0v) is 22.1. The maximum Gasteiger partial charge on any atom is 0.257 e. The average molecular weight is 570 g/mol. The molecule has 6 rings (SSSR count). The number of rotatable bonds is 6. The molecule has 3 aliphatic heterocycles. The largest absolute Gasteiger partial charge is 0.381 e. The summed E-state index contributed by atoms with van der Waals surface area (Å²) in [6.45, 7) is -16.3. The highest BCUT2D eigenvalue weighted by Crippen LogP contribution is 2.28. The van der Waals surface area contributed by atoms with Crippen LogP contribution in [0.3, 0.4) is 0 Å². The van der Waals surface area contributed by atoms with Gasteiger partial charge in [-0.2, -0.15) is 0 Å². The molecule has 41 heavy (non-hydrogen) atoms. The van der Waals surface area contributed by atoms with Crippen molar-refractivity contribution in [3.63, 3.8) is 0 Å². The van der Waals surface area contributed by atoms with Gasteiger partial charge in [0.1, 0.15) is 17.5 Å². The molecule has 1 N–H and O–H groups in total. The Morgan fingerprint density at radius 3 is 2.56 bits per heavy atom. The summed E-state index contributed by atoms with van der Waals surface area (Å²) in [6.07, 6.45) is 1.75. The van der Waals surface area contributed by atoms with Gasteiger partial charge in [0.05, 0.1) is 12.0 Å². The topological polar surface area (TPSA) is 57.2 Å². The third-order valence-electron chi connectivity index (χ3n) is 7.39. The van der Waals surface area contributed by atoms with E-state index in [4.69, 9.17) is 19.8 Å². The van der Waals surface area contributed by atoms with Crippen LogP contribution in [0.2, 0.25) is 0 Å². The molecule has 3 aromatic rings. The van der Waals surface area contributed by atoms with Crippen molar-refractivity contribution in [2.45, 2.75) is 32.2 Å². The standard InChI is InChI=1S/C33H36F2N4O2/c1-38-8-10-39(11-9-38)29-4-5-30(26(19-29)15-22-6-12-41-13-7-22)33(40)37-32-31-18-23(2-3-25(31)21-36-32)14-24-16-27(34)20-28(35)17-24/h2-5,16-20,22H,6-15,21H2,1H3,(H,36,37,40)/i1D3,8D2,9D2,10D2,11D2. The summed E-state index contributed by atoms with van der Waals surface area (Å²) in [5.74, 6) is -1.73. The molecule has 0 aliphatic carbocycles. The Morgan fingerprint density at radius 2 is 1.80 bits per heavy atom. The van der Waals surface area contributed by atoms with Crippen molar-refractivity contribution in [2.24, 2.45) is 10.9 Å². The monoisotopic (exact) mass is 569 g/mol. The third kappa shape index (κ3) is 6.49. The minimum atomic E-state index is -3.56. The van der Waals surface area contributed by atoms with Crippen molar-refractivity contribution < 1.29 is 33.4 Å². The van der Waals surface area contributed by atoms with E-state index >= 15 is 0 Å². The lowest BCUT2D eigenvalue weighted by atomic mass is 9.89. The second-order valence-corrected chi connectivity index (χ2v) is 10.3. The third-order valence-corrected chi connectivity index (χ3v) is 7.39. The number of piperazine rings is 1. The number of benzene rings is 3. The molecule has 0 aromatic heterocycles. The van der Waals surface area contributed by atoms with E-state index in [1.807, 2.05) is 12.1 Å². The van der Waals surface area contributed by atoms with Gasteiger partial charge in [-0.3, -0.25) is 9.79 Å². The average Bonchev–Trinajstić information content (AvgIpc) is 3.41. The predicted octanol–water partition coefficient (Wildman–Crippen LogP) is 4.97. The fourth-order valence-corrected chi connectivity index (χ4v) is 5.33. The Kier molecular flexibility index (Phi) is 5.12. The lowest BCUT2D eigenvalue weighted by Crippen LogP contribution is -2.44. The van der Waals surface area contributed by atoms with E-state index in [0.29, 0.717) is 42.7 Å². The van der Waals surface area contributed by atoms with Crippen LogP contribution < -0.4 is 10.2 Å². The van der Waals surface area contributed by atoms with Crippen LogP contribution in [-0.2, 0) is 24.1 Å². The van der Waals surface area contributed by atoms with Crippen LogP contribution in [0.1, 0.15) is 66.1 Å². The maximum absolute atomic E-state index is 14.0. The fourth-order valence-electron chi connectivity index (χ4n) is 5.33. The van der Waals surface area contributed by atoms with Gasteiger partial charge in [0.15, 0.2) is 0 Å². The van der Waals surface area contributed by atoms with E-state index in [9.17, 15) is 13.6 Å². The number of anilines is 1. The van der Waals surface area contributed by atoms with Crippen molar-refractivity contribution >= 4 is 17.4 Å². The van der Waals surface area contributed by atoms with E-state index < -0.39 is 50.5 Å². The number of hydrogen-bond acceptors (Lipinski definition) is 5. The summed E-state index contributed by atoms with van der Waals surface area (Å²) in [4.78, 5) is 18.4. The first-order valence-corrected chi connectivity index (χ1v) is 13.4. The number of amides is 1. The normalized spacial score (nSPS) is 27.0. The molecule has 8 heteroatoms. The SMILES string of the molecule is [2H]C([2H])([2H])N1C([2H])([2H])C([2H])([2H])N(c2ccc(C(=O)NC3=NCc4ccc(Cc5cc(F)cc(F)c5)cc43)c(CC3CCOCC3)c2)C([2H])([2H])C1([2H])[2H]. The summed E-state index contributed by atoms with van der Waals surface area (Å²) in [5.41, 5.74) is 2.74. The number of ether oxygens (including phenoxy) is 1. The van der Waals surface area contributed by atoms with E-state index in [1.165, 1.54) is 30.3 Å². The molecule has 3 aromatic carbocycles. The highest BCUT2D eigenvalue weighted by Gasteiger charge is 2.24. The van der Waals surface area contributed by atoms with Crippen molar-refractivity contribution in [2.75, 3.05) is 51.1 Å². The first-order chi connectivity index (χ1) is 24.1. The molecule has 2 saturated heterocycles. The number of halogens is 2. The Bertz CT molecular complexity index is 1870. The van der Waals surface area contributed by atoms with Crippen LogP contribution in [0.5, 0.6) is 0 Å².